The first-order chi connectivity index (χ1) is 37.8. The van der Waals surface area contributed by atoms with Gasteiger partial charge < -0.3 is 75.2 Å². The van der Waals surface area contributed by atoms with E-state index in [-0.39, 0.29) is 107 Å². The molecule has 0 radical (unpaired) electrons. The summed E-state index contributed by atoms with van der Waals surface area (Å²) in [5, 5.41) is 95.7. The van der Waals surface area contributed by atoms with Crippen molar-refractivity contribution < 1.29 is 69.3 Å². The Bertz CT molecular complexity index is 2310. The van der Waals surface area contributed by atoms with E-state index in [0.717, 1.165) is 87.6 Å². The lowest BCUT2D eigenvalue weighted by Crippen LogP contribution is -2.53. The van der Waals surface area contributed by atoms with Gasteiger partial charge in [-0.15, -0.1) is 5.92 Å². The maximum Gasteiger partial charge on any atom is 0.224 e. The molecule has 20 heteroatoms. The zero-order valence-corrected chi connectivity index (χ0v) is 48.9. The molecule has 2 aromatic carbocycles. The number of fused-ring (bicyclic) bond motifs is 2. The Morgan fingerprint density at radius 1 is 0.821 bits per heavy atom. The second kappa shape index (κ2) is 29.7. The van der Waals surface area contributed by atoms with Crippen molar-refractivity contribution in [2.24, 2.45) is 46.8 Å². The summed E-state index contributed by atoms with van der Waals surface area (Å²) < 4.78 is 29.0. The van der Waals surface area contributed by atoms with Crippen molar-refractivity contribution in [3.05, 3.63) is 41.0 Å². The van der Waals surface area contributed by atoms with Gasteiger partial charge in [0.25, 0.3) is 0 Å². The number of aromatic hydroxyl groups is 2. The van der Waals surface area contributed by atoms with Crippen LogP contribution in [0.15, 0.2) is 24.3 Å². The highest BCUT2D eigenvalue weighted by Gasteiger charge is 2.54. The molecule has 16 unspecified atom stereocenters. The van der Waals surface area contributed by atoms with E-state index >= 15 is 0 Å². The van der Waals surface area contributed by atoms with Crippen LogP contribution in [0.1, 0.15) is 119 Å². The van der Waals surface area contributed by atoms with Crippen molar-refractivity contribution >= 4 is 49.1 Å². The number of ether oxygens (including phenoxy) is 5. The molecule has 16 atom stereocenters. The van der Waals surface area contributed by atoms with Crippen molar-refractivity contribution in [1.29, 1.82) is 0 Å². The van der Waals surface area contributed by atoms with Crippen LogP contribution in [-0.2, 0) is 27.1 Å². The minimum absolute atomic E-state index is 0.00421. The molecule has 4 aliphatic heterocycles. The number of amides is 1. The van der Waals surface area contributed by atoms with Crippen LogP contribution in [0.4, 0.5) is 0 Å². The number of hydrogen-bond donors (Lipinski definition) is 10. The quantitative estimate of drug-likeness (QED) is 0.0368. The fourth-order valence-electron chi connectivity index (χ4n) is 14.1. The molecule has 4 heterocycles. The number of carbonyl (C=O) groups excluding carboxylic acids is 1. The number of aliphatic hydroxyl groups excluding tert-OH is 6. The maximum atomic E-state index is 13.6. The Balaban J connectivity index is 1.07. The van der Waals surface area contributed by atoms with Crippen LogP contribution in [0.25, 0.3) is 0 Å². The zero-order valence-electron chi connectivity index (χ0n) is 45.6. The fourth-order valence-corrected chi connectivity index (χ4v) is 19.7. The lowest BCUT2D eigenvalue weighted by molar-refractivity contribution is -0.123. The number of phenols is 2. The number of methoxy groups -OCH3 is 2. The van der Waals surface area contributed by atoms with E-state index in [9.17, 15) is 45.6 Å². The molecule has 10 N–H and O–H groups in total. The zero-order chi connectivity index (χ0) is 55.3. The minimum atomic E-state index is -1.09. The highest BCUT2D eigenvalue weighted by atomic mass is 33.1. The van der Waals surface area contributed by atoms with E-state index in [2.05, 4.69) is 29.4 Å². The summed E-state index contributed by atoms with van der Waals surface area (Å²) in [5.41, 5.74) is 1.98. The van der Waals surface area contributed by atoms with Crippen LogP contribution in [0, 0.1) is 58.7 Å². The van der Waals surface area contributed by atoms with Gasteiger partial charge in [-0.2, -0.15) is 0 Å². The summed E-state index contributed by atoms with van der Waals surface area (Å²) in [7, 11) is 9.58. The van der Waals surface area contributed by atoms with Crippen LogP contribution in [0.3, 0.4) is 0 Å². The number of benzene rings is 2. The van der Waals surface area contributed by atoms with E-state index in [1.165, 1.54) is 28.7 Å². The standard InChI is InChI=1S/C58H86N2O14S4/c1-34-8-10-37-11-15-47(64)55-43(57(69)60-45(55)7-6-20-70-2)29-75-76-30-46-40-14-13-39(25-44(40)58(37,28-34)17-4-5-18-59-46)74-51-24-36-9-12-38(72-32-62)26-48(65)42(21-35-22-52(71-3)56(68)53(23-35)73-33-63)50(67)31-77-78-54(16-19-61)41(36)27-49(51)66/h22-24,27,34,37-40,42-48,50,54-55,59,61-68H,5-16,18-21,25-26,28-33H2,1-3H3,(H,60,69). The lowest BCUT2D eigenvalue weighted by atomic mass is 9.51. The molecule has 1 amide bonds. The molecule has 8 rings (SSSR count). The van der Waals surface area contributed by atoms with Gasteiger partial charge in [-0.25, -0.2) is 0 Å². The Kier molecular flexibility index (Phi) is 23.4. The van der Waals surface area contributed by atoms with E-state index in [1.54, 1.807) is 36.1 Å². The number of carbonyl (C=O) groups is 1. The third-order valence-corrected chi connectivity index (χ3v) is 23.3. The molecule has 2 aliphatic carbocycles. The van der Waals surface area contributed by atoms with Crippen LogP contribution in [-0.4, -0.2) is 154 Å². The Hall–Kier alpha value is -2.49. The molecule has 1 spiro atoms. The molecular formula is C58H86N2O14S4. The maximum absolute atomic E-state index is 13.6. The summed E-state index contributed by atoms with van der Waals surface area (Å²) in [5.74, 6) is 9.76. The number of rotatable bonds is 15. The molecule has 16 nitrogen and oxygen atoms in total. The topological polar surface area (TPSA) is 249 Å². The number of phenolic OH excluding ortho intramolecular Hbond substituents is 2. The average molecular weight is 1160 g/mol. The lowest BCUT2D eigenvalue weighted by Gasteiger charge is -2.54. The van der Waals surface area contributed by atoms with Gasteiger partial charge >= 0.3 is 0 Å². The summed E-state index contributed by atoms with van der Waals surface area (Å²) in [4.78, 5) is 13.6. The Labute approximate surface area is 477 Å². The highest BCUT2D eigenvalue weighted by Crippen LogP contribution is 2.58. The largest absolute Gasteiger partial charge is 0.504 e. The van der Waals surface area contributed by atoms with Gasteiger partial charge in [-0.3, -0.25) is 4.79 Å². The van der Waals surface area contributed by atoms with E-state index in [0.29, 0.717) is 61.2 Å². The molecule has 2 bridgehead atoms. The van der Waals surface area contributed by atoms with Gasteiger partial charge in [0.05, 0.1) is 43.5 Å². The average Bonchev–Trinajstić information content (AvgIpc) is 3.89. The van der Waals surface area contributed by atoms with Crippen molar-refractivity contribution in [2.75, 3.05) is 64.8 Å². The van der Waals surface area contributed by atoms with Crippen molar-refractivity contribution in [2.45, 2.75) is 158 Å². The number of aliphatic hydroxyl groups is 6. The highest BCUT2D eigenvalue weighted by molar-refractivity contribution is 8.77. The summed E-state index contributed by atoms with van der Waals surface area (Å²) in [6.07, 6.45) is 7.09. The molecule has 2 aromatic rings. The van der Waals surface area contributed by atoms with Crippen LogP contribution in [0.5, 0.6) is 28.7 Å². The third kappa shape index (κ3) is 15.0. The molecule has 2 saturated carbocycles. The first kappa shape index (κ1) is 61.6. The second-order valence-electron chi connectivity index (χ2n) is 22.7. The van der Waals surface area contributed by atoms with Gasteiger partial charge in [0.2, 0.25) is 11.7 Å². The third-order valence-electron chi connectivity index (χ3n) is 18.0. The predicted octanol–water partition coefficient (Wildman–Crippen LogP) is 7.14. The molecule has 4 fully saturated rings. The minimum Gasteiger partial charge on any atom is -0.504 e. The van der Waals surface area contributed by atoms with E-state index in [1.807, 2.05) is 16.9 Å². The molecule has 0 aromatic heterocycles. The van der Waals surface area contributed by atoms with E-state index < -0.39 is 43.9 Å². The van der Waals surface area contributed by atoms with Crippen molar-refractivity contribution in [1.82, 2.24) is 10.6 Å². The Morgan fingerprint density at radius 2 is 1.63 bits per heavy atom. The van der Waals surface area contributed by atoms with Crippen LogP contribution in [0.2, 0.25) is 0 Å². The molecule has 2 saturated heterocycles. The van der Waals surface area contributed by atoms with Gasteiger partial charge in [-0.05, 0) is 155 Å². The first-order valence-corrected chi connectivity index (χ1v) is 33.3. The number of aryl methyl sites for hydroxylation is 1. The second-order valence-corrected chi connectivity index (χ2v) is 27.9. The van der Waals surface area contributed by atoms with Gasteiger partial charge in [0.15, 0.2) is 29.8 Å². The molecule has 6 aliphatic rings. The normalized spacial score (nSPS) is 35.1. The molecular weight excluding hydrogens is 1080 g/mol. The molecule has 78 heavy (non-hydrogen) atoms. The van der Waals surface area contributed by atoms with Gasteiger partial charge in [0, 0.05) is 85.1 Å². The first-order valence-electron chi connectivity index (χ1n) is 28.4. The smallest absolute Gasteiger partial charge is 0.224 e. The molecule has 436 valence electrons. The number of nitrogens with one attached hydrogen (secondary N) is 2. The van der Waals surface area contributed by atoms with Crippen LogP contribution >= 0.6 is 43.2 Å². The van der Waals surface area contributed by atoms with E-state index in [4.69, 9.17) is 23.7 Å². The Morgan fingerprint density at radius 3 is 2.41 bits per heavy atom. The summed E-state index contributed by atoms with van der Waals surface area (Å²) in [6, 6.07) is 6.95. The number of hydrogen-bond acceptors (Lipinski definition) is 19. The fraction of sp³-hybridized carbons (Fsp3) is 0.741. The monoisotopic (exact) mass is 1160 g/mol. The predicted molar refractivity (Wildman–Crippen MR) is 308 cm³/mol. The van der Waals surface area contributed by atoms with Crippen molar-refractivity contribution in [3.63, 3.8) is 0 Å². The SMILES string of the molecule is COCCCC1NC(=O)C2CSSCC3NCCC#CC4(CC(C)CCC4CCC(O)C12)C1CC(Oc2cc4c(cc2O)C(CCO)SSCC(O)C(Cc2cc(OC)c(O)c(OCO)c2)C(O)CC(OCO)CC4)CCC31. The van der Waals surface area contributed by atoms with Crippen molar-refractivity contribution in [3.8, 4) is 40.6 Å². The summed E-state index contributed by atoms with van der Waals surface area (Å²) in [6.45, 7) is 2.39. The van der Waals surface area contributed by atoms with Gasteiger partial charge in [0.1, 0.15) is 6.79 Å². The summed E-state index contributed by atoms with van der Waals surface area (Å²) >= 11 is 0. The van der Waals surface area contributed by atoms with Gasteiger partial charge in [-0.1, -0.05) is 62.4 Å². The van der Waals surface area contributed by atoms with Crippen LogP contribution < -0.4 is 24.8 Å².